The lowest BCUT2D eigenvalue weighted by Crippen LogP contribution is -2.41. The molecule has 4 heteroatoms. The van der Waals surface area contributed by atoms with Gasteiger partial charge in [-0.2, -0.15) is 5.26 Å². The molecule has 1 aliphatic carbocycles. The molecule has 0 aromatic heterocycles. The Labute approximate surface area is 127 Å². The first kappa shape index (κ1) is 14.6. The summed E-state index contributed by atoms with van der Waals surface area (Å²) in [6.07, 6.45) is 1.94. The van der Waals surface area contributed by atoms with Crippen molar-refractivity contribution in [2.45, 2.75) is 64.1 Å². The number of aryl methyl sites for hydroxylation is 1. The van der Waals surface area contributed by atoms with E-state index in [1.165, 1.54) is 0 Å². The van der Waals surface area contributed by atoms with Gasteiger partial charge in [0, 0.05) is 0 Å². The van der Waals surface area contributed by atoms with Crippen LogP contribution in [0.5, 0.6) is 0 Å². The summed E-state index contributed by atoms with van der Waals surface area (Å²) < 4.78 is 12.2. The molecule has 0 amide bonds. The number of hydrogen-bond donors (Lipinski definition) is 0. The number of benzene rings is 1. The van der Waals surface area contributed by atoms with E-state index in [4.69, 9.17) is 9.31 Å². The van der Waals surface area contributed by atoms with E-state index in [1.54, 1.807) is 0 Å². The Morgan fingerprint density at radius 1 is 1.10 bits per heavy atom. The van der Waals surface area contributed by atoms with Gasteiger partial charge in [0.2, 0.25) is 0 Å². The first-order valence-electron chi connectivity index (χ1n) is 7.59. The van der Waals surface area contributed by atoms with Gasteiger partial charge in [0.15, 0.2) is 0 Å². The van der Waals surface area contributed by atoms with E-state index < -0.39 is 0 Å². The van der Waals surface area contributed by atoms with E-state index >= 15 is 0 Å². The highest BCUT2D eigenvalue weighted by molar-refractivity contribution is 6.62. The predicted octanol–water partition coefficient (Wildman–Crippen LogP) is 2.85. The fraction of sp³-hybridized carbons (Fsp3) is 0.588. The van der Waals surface area contributed by atoms with Crippen molar-refractivity contribution in [2.75, 3.05) is 0 Å². The lowest BCUT2D eigenvalue weighted by molar-refractivity contribution is 0.00578. The first-order valence-corrected chi connectivity index (χ1v) is 7.59. The summed E-state index contributed by atoms with van der Waals surface area (Å²) >= 11 is 0. The maximum atomic E-state index is 9.32. The molecule has 1 aliphatic heterocycles. The van der Waals surface area contributed by atoms with Crippen molar-refractivity contribution in [3.63, 3.8) is 0 Å². The molecule has 3 rings (SSSR count). The molecule has 0 atom stereocenters. The third kappa shape index (κ3) is 2.20. The fourth-order valence-corrected chi connectivity index (χ4v) is 2.80. The summed E-state index contributed by atoms with van der Waals surface area (Å²) in [7, 11) is -0.332. The van der Waals surface area contributed by atoms with Crippen molar-refractivity contribution in [1.82, 2.24) is 0 Å². The maximum Gasteiger partial charge on any atom is 0.495 e. The topological polar surface area (TPSA) is 42.2 Å². The smallest absolute Gasteiger partial charge is 0.399 e. The third-order valence-electron chi connectivity index (χ3n) is 5.29. The van der Waals surface area contributed by atoms with Gasteiger partial charge in [0.25, 0.3) is 0 Å². The minimum atomic E-state index is -0.332. The molecule has 0 spiro atoms. The van der Waals surface area contributed by atoms with Gasteiger partial charge in [-0.3, -0.25) is 0 Å². The lowest BCUT2D eigenvalue weighted by Gasteiger charge is -2.32. The van der Waals surface area contributed by atoms with Crippen LogP contribution in [-0.4, -0.2) is 18.3 Å². The highest BCUT2D eigenvalue weighted by Crippen LogP contribution is 2.47. The zero-order valence-corrected chi connectivity index (χ0v) is 13.5. The molecular weight excluding hydrogens is 261 g/mol. The van der Waals surface area contributed by atoms with Crippen molar-refractivity contribution < 1.29 is 9.31 Å². The molecule has 110 valence electrons. The molecule has 1 aromatic rings. The van der Waals surface area contributed by atoms with Crippen LogP contribution >= 0.6 is 0 Å². The van der Waals surface area contributed by atoms with Crippen molar-refractivity contribution in [1.29, 1.82) is 5.26 Å². The Morgan fingerprint density at radius 3 is 2.10 bits per heavy atom. The second-order valence-corrected chi connectivity index (χ2v) is 7.35. The fourth-order valence-electron chi connectivity index (χ4n) is 2.80. The van der Waals surface area contributed by atoms with Crippen molar-refractivity contribution in [2.24, 2.45) is 0 Å². The maximum absolute atomic E-state index is 9.32. The molecule has 0 bridgehead atoms. The minimum Gasteiger partial charge on any atom is -0.399 e. The summed E-state index contributed by atoms with van der Waals surface area (Å²) in [5, 5.41) is 9.32. The molecule has 1 saturated carbocycles. The Balaban J connectivity index is 1.90. The molecule has 0 radical (unpaired) electrons. The molecule has 1 aromatic carbocycles. The van der Waals surface area contributed by atoms with Crippen LogP contribution in [0.2, 0.25) is 0 Å². The van der Waals surface area contributed by atoms with E-state index in [9.17, 15) is 5.26 Å². The summed E-state index contributed by atoms with van der Waals surface area (Å²) in [6.45, 7) is 10.3. The molecule has 0 unspecified atom stereocenters. The molecule has 2 fully saturated rings. The zero-order valence-electron chi connectivity index (χ0n) is 13.5. The van der Waals surface area contributed by atoms with Gasteiger partial charge in [-0.1, -0.05) is 23.8 Å². The summed E-state index contributed by atoms with van der Waals surface area (Å²) in [4.78, 5) is 0. The Kier molecular flexibility index (Phi) is 3.03. The average molecular weight is 283 g/mol. The minimum absolute atomic E-state index is 0.237. The van der Waals surface area contributed by atoms with Crippen LogP contribution in [0.1, 0.15) is 51.7 Å². The van der Waals surface area contributed by atoms with Gasteiger partial charge in [-0.05, 0) is 58.5 Å². The van der Waals surface area contributed by atoms with E-state index in [1.807, 2.05) is 0 Å². The Morgan fingerprint density at radius 2 is 1.67 bits per heavy atom. The molecule has 1 saturated heterocycles. The van der Waals surface area contributed by atoms with Crippen LogP contribution in [0.3, 0.4) is 0 Å². The molecule has 21 heavy (non-hydrogen) atoms. The number of rotatable bonds is 2. The van der Waals surface area contributed by atoms with Crippen LogP contribution in [-0.2, 0) is 14.7 Å². The van der Waals surface area contributed by atoms with Gasteiger partial charge in [-0.25, -0.2) is 0 Å². The van der Waals surface area contributed by atoms with Crippen LogP contribution in [0.25, 0.3) is 0 Å². The molecule has 2 aliphatic rings. The number of nitriles is 1. The van der Waals surface area contributed by atoms with Crippen molar-refractivity contribution in [3.05, 3.63) is 29.3 Å². The molecule has 3 nitrogen and oxygen atoms in total. The van der Waals surface area contributed by atoms with E-state index in [-0.39, 0.29) is 23.7 Å². The predicted molar refractivity (Wildman–Crippen MR) is 83.4 cm³/mol. The van der Waals surface area contributed by atoms with Gasteiger partial charge in [-0.15, -0.1) is 0 Å². The summed E-state index contributed by atoms with van der Waals surface area (Å²) in [5.41, 5.74) is 2.43. The number of nitrogens with zero attached hydrogens (tertiary/aromatic N) is 1. The van der Waals surface area contributed by atoms with Gasteiger partial charge >= 0.3 is 7.12 Å². The van der Waals surface area contributed by atoms with Gasteiger partial charge < -0.3 is 9.31 Å². The van der Waals surface area contributed by atoms with Gasteiger partial charge in [0.05, 0.1) is 22.7 Å². The quantitative estimate of drug-likeness (QED) is 0.784. The van der Waals surface area contributed by atoms with Crippen LogP contribution in [0, 0.1) is 18.3 Å². The van der Waals surface area contributed by atoms with Crippen LogP contribution in [0.4, 0.5) is 0 Å². The molecular formula is C17H22BNO2. The standard InChI is InChI=1S/C17H22BNO2/c1-12-10-13(17(11-19)8-9-17)6-7-14(12)18-20-15(2,3)16(4,5)21-18/h6-7,10H,8-9H2,1-5H3. The molecule has 0 N–H and O–H groups in total. The largest absolute Gasteiger partial charge is 0.495 e. The summed E-state index contributed by atoms with van der Waals surface area (Å²) in [5.74, 6) is 0. The Bertz CT molecular complexity index is 610. The highest BCUT2D eigenvalue weighted by atomic mass is 16.7. The van der Waals surface area contributed by atoms with E-state index in [0.29, 0.717) is 0 Å². The third-order valence-corrected chi connectivity index (χ3v) is 5.29. The normalized spacial score (nSPS) is 24.7. The first-order chi connectivity index (χ1) is 9.71. The van der Waals surface area contributed by atoms with Crippen molar-refractivity contribution in [3.8, 4) is 6.07 Å². The number of hydrogen-bond acceptors (Lipinski definition) is 3. The van der Waals surface area contributed by atoms with E-state index in [2.05, 4.69) is 58.9 Å². The van der Waals surface area contributed by atoms with E-state index in [0.717, 1.165) is 29.4 Å². The molecule has 1 heterocycles. The highest BCUT2D eigenvalue weighted by Gasteiger charge is 2.52. The van der Waals surface area contributed by atoms with Gasteiger partial charge in [0.1, 0.15) is 0 Å². The monoisotopic (exact) mass is 283 g/mol. The Hall–Kier alpha value is -1.31. The zero-order chi connectivity index (χ0) is 15.5. The van der Waals surface area contributed by atoms with Crippen LogP contribution < -0.4 is 5.46 Å². The van der Waals surface area contributed by atoms with Crippen molar-refractivity contribution >= 4 is 12.6 Å². The SMILES string of the molecule is Cc1cc(C2(C#N)CC2)ccc1B1OC(C)(C)C(C)(C)O1. The second kappa shape index (κ2) is 4.35. The summed E-state index contributed by atoms with van der Waals surface area (Å²) in [6, 6.07) is 8.69. The van der Waals surface area contributed by atoms with Crippen LogP contribution in [0.15, 0.2) is 18.2 Å². The lowest BCUT2D eigenvalue weighted by atomic mass is 9.75. The second-order valence-electron chi connectivity index (χ2n) is 7.35. The average Bonchev–Trinajstić information content (AvgIpc) is 3.14.